The third-order valence-electron chi connectivity index (χ3n) is 11.2. The van der Waals surface area contributed by atoms with E-state index in [1.165, 1.54) is 135 Å². The van der Waals surface area contributed by atoms with Gasteiger partial charge in [-0.25, -0.2) is 0 Å². The fourth-order valence-electron chi connectivity index (χ4n) is 7.18. The number of unbranched alkanes of at least 4 members (excludes halogenated alkanes) is 24. The Kier molecular flexibility index (Phi) is 48.9. The van der Waals surface area contributed by atoms with Gasteiger partial charge in [0.2, 0.25) is 0 Å². The van der Waals surface area contributed by atoms with Gasteiger partial charge >= 0.3 is 17.9 Å². The molecule has 0 spiro atoms. The molecule has 0 aliphatic rings. The van der Waals surface area contributed by atoms with Crippen molar-refractivity contribution in [3.8, 4) is 0 Å². The van der Waals surface area contributed by atoms with Crippen molar-refractivity contribution in [2.45, 2.75) is 258 Å². The van der Waals surface area contributed by atoms with Gasteiger partial charge in [0.15, 0.2) is 6.10 Å². The maximum absolute atomic E-state index is 12.8. The molecular weight excluding hydrogens is 781 g/mol. The van der Waals surface area contributed by atoms with Gasteiger partial charge in [0.05, 0.1) is 0 Å². The molecule has 0 radical (unpaired) electrons. The molecule has 1 atom stereocenters. The smallest absolute Gasteiger partial charge is 0.306 e. The van der Waals surface area contributed by atoms with Crippen LogP contribution in [0.3, 0.4) is 0 Å². The summed E-state index contributed by atoms with van der Waals surface area (Å²) in [4.78, 5) is 37.9. The number of ether oxygens (including phenoxy) is 3. The van der Waals surface area contributed by atoms with Crippen molar-refractivity contribution in [2.75, 3.05) is 13.2 Å². The zero-order valence-corrected chi connectivity index (χ0v) is 41.3. The first kappa shape index (κ1) is 59.9. The molecule has 0 aliphatic heterocycles. The molecule has 0 heterocycles. The van der Waals surface area contributed by atoms with E-state index in [0.29, 0.717) is 19.3 Å². The van der Waals surface area contributed by atoms with Crippen LogP contribution in [0.1, 0.15) is 252 Å². The van der Waals surface area contributed by atoms with Gasteiger partial charge in [-0.05, 0) is 83.5 Å². The summed E-state index contributed by atoms with van der Waals surface area (Å²) < 4.78 is 16.7. The molecule has 0 saturated heterocycles. The first-order valence-corrected chi connectivity index (χ1v) is 26.4. The highest BCUT2D eigenvalue weighted by molar-refractivity contribution is 5.71. The van der Waals surface area contributed by atoms with Gasteiger partial charge in [0.25, 0.3) is 0 Å². The van der Waals surface area contributed by atoms with E-state index in [9.17, 15) is 14.4 Å². The lowest BCUT2D eigenvalue weighted by atomic mass is 10.0. The summed E-state index contributed by atoms with van der Waals surface area (Å²) in [6, 6.07) is 0. The van der Waals surface area contributed by atoms with Gasteiger partial charge in [-0.3, -0.25) is 14.4 Å². The molecule has 6 nitrogen and oxygen atoms in total. The molecule has 0 aromatic carbocycles. The highest BCUT2D eigenvalue weighted by atomic mass is 16.6. The molecule has 0 rings (SSSR count). The Balaban J connectivity index is 4.48. The number of hydrogen-bond donors (Lipinski definition) is 0. The standard InChI is InChI=1S/C57H98O6/c1-4-7-10-13-16-19-22-25-26-27-28-29-30-33-35-38-41-44-47-50-56(59)62-53-54(63-57(60)51-48-45-42-39-36-32-24-21-18-15-12-9-6-3)52-61-55(58)49-46-43-40-37-34-31-23-20-17-14-11-8-5-2/h16,19-20,23,25-26,28-29,33,35,41,44,54H,4-15,17-18,21-22,24,27,30-32,34,36-40,42-43,45-53H2,1-3H3/b19-16-,23-20-,26-25-,29-28-,35-33-,44-41-/t54-/m0/s1. The molecule has 0 bridgehead atoms. The first-order chi connectivity index (χ1) is 31.0. The first-order valence-electron chi connectivity index (χ1n) is 26.4. The SMILES string of the molecule is CCCCC/C=C\C/C=C\C/C=C\C/C=C\C/C=C\CCC(=O)OC[C@H](COC(=O)CCCCCCC/C=C\CCCCCC)OC(=O)CCCCCCCCCCCCCCC. The molecule has 362 valence electrons. The van der Waals surface area contributed by atoms with E-state index in [0.717, 1.165) is 70.6 Å². The minimum absolute atomic E-state index is 0.101. The number of hydrogen-bond acceptors (Lipinski definition) is 6. The minimum atomic E-state index is -0.805. The summed E-state index contributed by atoms with van der Waals surface area (Å²) in [6.07, 6.45) is 64.6. The molecule has 6 heteroatoms. The Morgan fingerprint density at radius 1 is 0.317 bits per heavy atom. The Bertz CT molecular complexity index is 1190. The number of esters is 3. The molecule has 0 N–H and O–H groups in total. The lowest BCUT2D eigenvalue weighted by molar-refractivity contribution is -0.166. The normalized spacial score (nSPS) is 12.6. The predicted molar refractivity (Wildman–Crippen MR) is 270 cm³/mol. The summed E-state index contributed by atoms with van der Waals surface area (Å²) >= 11 is 0. The topological polar surface area (TPSA) is 78.9 Å². The molecule has 63 heavy (non-hydrogen) atoms. The summed E-state index contributed by atoms with van der Waals surface area (Å²) in [7, 11) is 0. The van der Waals surface area contributed by atoms with Gasteiger partial charge in [0, 0.05) is 19.3 Å². The average molecular weight is 879 g/mol. The molecular formula is C57H98O6. The molecule has 0 amide bonds. The summed E-state index contributed by atoms with van der Waals surface area (Å²) in [6.45, 7) is 6.53. The van der Waals surface area contributed by atoms with E-state index in [-0.39, 0.29) is 37.5 Å². The van der Waals surface area contributed by atoms with E-state index >= 15 is 0 Å². The molecule has 0 saturated carbocycles. The van der Waals surface area contributed by atoms with Crippen LogP contribution in [-0.4, -0.2) is 37.2 Å². The van der Waals surface area contributed by atoms with Crippen LogP contribution in [0.2, 0.25) is 0 Å². The maximum Gasteiger partial charge on any atom is 0.306 e. The Morgan fingerprint density at radius 3 is 1.05 bits per heavy atom. The minimum Gasteiger partial charge on any atom is -0.462 e. The van der Waals surface area contributed by atoms with Crippen molar-refractivity contribution in [1.29, 1.82) is 0 Å². The summed E-state index contributed by atoms with van der Waals surface area (Å²) in [5, 5.41) is 0. The van der Waals surface area contributed by atoms with Crippen LogP contribution >= 0.6 is 0 Å². The van der Waals surface area contributed by atoms with Crippen molar-refractivity contribution in [1.82, 2.24) is 0 Å². The third-order valence-corrected chi connectivity index (χ3v) is 11.2. The summed E-state index contributed by atoms with van der Waals surface area (Å²) in [5.41, 5.74) is 0. The largest absolute Gasteiger partial charge is 0.462 e. The maximum atomic E-state index is 12.8. The predicted octanol–water partition coefficient (Wildman–Crippen LogP) is 17.4. The van der Waals surface area contributed by atoms with E-state index in [4.69, 9.17) is 14.2 Å². The second-order valence-corrected chi connectivity index (χ2v) is 17.4. The van der Waals surface area contributed by atoms with E-state index in [1.54, 1.807) is 0 Å². The van der Waals surface area contributed by atoms with E-state index in [1.807, 2.05) is 6.08 Å². The van der Waals surface area contributed by atoms with Crippen molar-refractivity contribution < 1.29 is 28.6 Å². The second-order valence-electron chi connectivity index (χ2n) is 17.4. The van der Waals surface area contributed by atoms with Gasteiger partial charge in [-0.2, -0.15) is 0 Å². The Hall–Kier alpha value is -3.15. The number of allylic oxidation sites excluding steroid dienone is 12. The van der Waals surface area contributed by atoms with Crippen LogP contribution in [0, 0.1) is 0 Å². The molecule has 0 aromatic rings. The average Bonchev–Trinajstić information content (AvgIpc) is 3.28. The van der Waals surface area contributed by atoms with Crippen LogP contribution in [0.15, 0.2) is 72.9 Å². The molecule has 0 unspecified atom stereocenters. The monoisotopic (exact) mass is 879 g/mol. The van der Waals surface area contributed by atoms with Gasteiger partial charge in [0.1, 0.15) is 13.2 Å². The lowest BCUT2D eigenvalue weighted by Gasteiger charge is -2.18. The third kappa shape index (κ3) is 49.7. The molecule has 0 aliphatic carbocycles. The quantitative estimate of drug-likeness (QED) is 0.0262. The molecule has 0 aromatic heterocycles. The van der Waals surface area contributed by atoms with Crippen LogP contribution in [0.4, 0.5) is 0 Å². The number of carbonyl (C=O) groups excluding carboxylic acids is 3. The van der Waals surface area contributed by atoms with Crippen molar-refractivity contribution in [2.24, 2.45) is 0 Å². The zero-order chi connectivity index (χ0) is 45.8. The Morgan fingerprint density at radius 2 is 0.603 bits per heavy atom. The van der Waals surface area contributed by atoms with E-state index in [2.05, 4.69) is 87.6 Å². The number of carbonyl (C=O) groups is 3. The van der Waals surface area contributed by atoms with Crippen molar-refractivity contribution >= 4 is 17.9 Å². The lowest BCUT2D eigenvalue weighted by Crippen LogP contribution is -2.30. The fourth-order valence-corrected chi connectivity index (χ4v) is 7.18. The van der Waals surface area contributed by atoms with Crippen LogP contribution in [0.5, 0.6) is 0 Å². The van der Waals surface area contributed by atoms with Crippen LogP contribution in [-0.2, 0) is 28.6 Å². The Labute approximate surface area is 389 Å². The zero-order valence-electron chi connectivity index (χ0n) is 41.3. The number of rotatable bonds is 47. The second kappa shape index (κ2) is 51.5. The highest BCUT2D eigenvalue weighted by Crippen LogP contribution is 2.15. The van der Waals surface area contributed by atoms with Crippen LogP contribution < -0.4 is 0 Å². The van der Waals surface area contributed by atoms with Crippen molar-refractivity contribution in [3.05, 3.63) is 72.9 Å². The van der Waals surface area contributed by atoms with Crippen LogP contribution in [0.25, 0.3) is 0 Å². The van der Waals surface area contributed by atoms with E-state index < -0.39 is 6.10 Å². The van der Waals surface area contributed by atoms with Gasteiger partial charge in [-0.15, -0.1) is 0 Å². The summed E-state index contributed by atoms with van der Waals surface area (Å²) in [5.74, 6) is -0.991. The van der Waals surface area contributed by atoms with Gasteiger partial charge in [-0.1, -0.05) is 222 Å². The molecule has 0 fully saturated rings. The van der Waals surface area contributed by atoms with Gasteiger partial charge < -0.3 is 14.2 Å². The highest BCUT2D eigenvalue weighted by Gasteiger charge is 2.19. The van der Waals surface area contributed by atoms with Crippen molar-refractivity contribution in [3.63, 3.8) is 0 Å². The fraction of sp³-hybridized carbons (Fsp3) is 0.737.